The molecular weight excluding hydrogens is 386 g/mol. The molecule has 1 aromatic rings. The molecule has 0 aromatic carbocycles. The first-order valence-corrected chi connectivity index (χ1v) is 12.6. The summed E-state index contributed by atoms with van der Waals surface area (Å²) in [4.78, 5) is 0. The molecule has 0 bridgehead atoms. The Labute approximate surface area is 187 Å². The number of nitrogens with two attached hydrogens (primary N) is 1. The lowest BCUT2D eigenvalue weighted by atomic mass is 9.43. The van der Waals surface area contributed by atoms with Gasteiger partial charge in [-0.25, -0.2) is 0 Å². The molecule has 1 heterocycles. The summed E-state index contributed by atoms with van der Waals surface area (Å²) >= 11 is 0. The number of rotatable bonds is 5. The minimum absolute atomic E-state index is 0.0309. The molecule has 4 aliphatic rings. The third kappa shape index (κ3) is 3.28. The predicted octanol–water partition coefficient (Wildman–Crippen LogP) is 5.42. The van der Waals surface area contributed by atoms with E-state index in [2.05, 4.69) is 26.0 Å². The van der Waals surface area contributed by atoms with E-state index in [0.717, 1.165) is 31.6 Å². The van der Waals surface area contributed by atoms with E-state index in [9.17, 15) is 5.11 Å². The number of hydrogen-bond acceptors (Lipinski definition) is 4. The van der Waals surface area contributed by atoms with Crippen molar-refractivity contribution in [2.45, 2.75) is 89.3 Å². The maximum absolute atomic E-state index is 12.3. The van der Waals surface area contributed by atoms with Crippen molar-refractivity contribution in [2.24, 2.45) is 34.3 Å². The SMILES string of the molecule is C[C@]12CC[C@H](OCC=CCN)C[C@H]1CC[C@@H]1[C@@H]2CC[C@]2(C)[C@@H](c3ccoc3)CC[C@]12O. The van der Waals surface area contributed by atoms with Crippen LogP contribution in [0.25, 0.3) is 0 Å². The van der Waals surface area contributed by atoms with Crippen molar-refractivity contribution in [2.75, 3.05) is 13.2 Å². The van der Waals surface area contributed by atoms with Crippen LogP contribution >= 0.6 is 0 Å². The summed E-state index contributed by atoms with van der Waals surface area (Å²) in [6.07, 6.45) is 18.5. The van der Waals surface area contributed by atoms with Crippen molar-refractivity contribution in [1.82, 2.24) is 0 Å². The van der Waals surface area contributed by atoms with Crippen molar-refractivity contribution >= 4 is 0 Å². The van der Waals surface area contributed by atoms with Gasteiger partial charge in [-0.1, -0.05) is 26.0 Å². The van der Waals surface area contributed by atoms with Crippen LogP contribution in [-0.4, -0.2) is 30.0 Å². The zero-order valence-electron chi connectivity index (χ0n) is 19.4. The average Bonchev–Trinajstić information content (AvgIpc) is 3.37. The minimum atomic E-state index is -0.536. The van der Waals surface area contributed by atoms with Gasteiger partial charge >= 0.3 is 0 Å². The Hall–Kier alpha value is -1.10. The molecule has 5 rings (SSSR count). The third-order valence-electron chi connectivity index (χ3n) is 10.5. The Morgan fingerprint density at radius 1 is 1.10 bits per heavy atom. The molecule has 31 heavy (non-hydrogen) atoms. The molecule has 0 radical (unpaired) electrons. The molecule has 4 nitrogen and oxygen atoms in total. The molecule has 0 amide bonds. The first-order valence-electron chi connectivity index (χ1n) is 12.6. The van der Waals surface area contributed by atoms with Crippen molar-refractivity contribution in [3.05, 3.63) is 36.3 Å². The first-order chi connectivity index (χ1) is 14.9. The highest BCUT2D eigenvalue weighted by molar-refractivity contribution is 5.26. The fourth-order valence-electron chi connectivity index (χ4n) is 8.70. The Balaban J connectivity index is 1.33. The van der Waals surface area contributed by atoms with E-state index in [-0.39, 0.29) is 5.41 Å². The molecule has 4 heteroatoms. The van der Waals surface area contributed by atoms with Gasteiger partial charge < -0.3 is 20.0 Å². The van der Waals surface area contributed by atoms with Crippen LogP contribution in [0.3, 0.4) is 0 Å². The Kier molecular flexibility index (Phi) is 5.64. The smallest absolute Gasteiger partial charge is 0.0937 e. The van der Waals surface area contributed by atoms with Gasteiger partial charge in [-0.3, -0.25) is 0 Å². The van der Waals surface area contributed by atoms with Crippen molar-refractivity contribution in [1.29, 1.82) is 0 Å². The van der Waals surface area contributed by atoms with Crippen LogP contribution in [0.15, 0.2) is 35.2 Å². The molecule has 4 fully saturated rings. The van der Waals surface area contributed by atoms with Gasteiger partial charge in [0.25, 0.3) is 0 Å². The Morgan fingerprint density at radius 3 is 2.74 bits per heavy atom. The van der Waals surface area contributed by atoms with Gasteiger partial charge in [-0.15, -0.1) is 0 Å². The van der Waals surface area contributed by atoms with E-state index < -0.39 is 5.60 Å². The molecule has 0 saturated heterocycles. The molecule has 4 saturated carbocycles. The summed E-state index contributed by atoms with van der Waals surface area (Å²) < 4.78 is 11.6. The molecule has 0 spiro atoms. The van der Waals surface area contributed by atoms with E-state index in [1.54, 1.807) is 6.26 Å². The molecule has 4 aliphatic carbocycles. The molecule has 172 valence electrons. The van der Waals surface area contributed by atoms with Gasteiger partial charge in [-0.2, -0.15) is 0 Å². The standard InChI is InChI=1S/C27H41NO3/c1-25-11-7-21(31-15-4-3-14-28)17-20(25)5-6-24-23(25)8-12-26(2)22(9-13-27(24,26)29)19-10-16-30-18-19/h3-4,10,16,18,20-24,29H,5-9,11-15,17,28H2,1-2H3/t20-,21+,22-,23+,24-,25+,26-,27+/m1/s1. The second kappa shape index (κ2) is 8.04. The summed E-state index contributed by atoms with van der Waals surface area (Å²) in [6, 6.07) is 2.12. The highest BCUT2D eigenvalue weighted by Gasteiger charge is 2.67. The molecule has 0 aliphatic heterocycles. The van der Waals surface area contributed by atoms with Crippen LogP contribution in [0, 0.1) is 28.6 Å². The number of ether oxygens (including phenoxy) is 1. The number of aliphatic hydroxyl groups is 1. The Morgan fingerprint density at radius 2 is 1.97 bits per heavy atom. The average molecular weight is 428 g/mol. The number of furan rings is 1. The van der Waals surface area contributed by atoms with Gasteiger partial charge in [0, 0.05) is 12.0 Å². The molecular formula is C27H41NO3. The number of hydrogen-bond donors (Lipinski definition) is 2. The highest BCUT2D eigenvalue weighted by atomic mass is 16.5. The Bertz CT molecular complexity index is 790. The summed E-state index contributed by atoms with van der Waals surface area (Å²) in [5.41, 5.74) is 6.61. The van der Waals surface area contributed by atoms with Crippen molar-refractivity contribution in [3.63, 3.8) is 0 Å². The lowest BCUT2D eigenvalue weighted by Crippen LogP contribution is -2.62. The van der Waals surface area contributed by atoms with Gasteiger partial charge in [0.05, 0.1) is 30.8 Å². The van der Waals surface area contributed by atoms with Gasteiger partial charge in [-0.05, 0) is 98.5 Å². The molecule has 0 unspecified atom stereocenters. The third-order valence-corrected chi connectivity index (χ3v) is 10.5. The van der Waals surface area contributed by atoms with E-state index in [1.165, 1.54) is 37.7 Å². The predicted molar refractivity (Wildman–Crippen MR) is 123 cm³/mol. The van der Waals surface area contributed by atoms with E-state index in [0.29, 0.717) is 42.4 Å². The van der Waals surface area contributed by atoms with Crippen LogP contribution in [-0.2, 0) is 4.74 Å². The fraction of sp³-hybridized carbons (Fsp3) is 0.778. The fourth-order valence-corrected chi connectivity index (χ4v) is 8.70. The van der Waals surface area contributed by atoms with Crippen molar-refractivity contribution in [3.8, 4) is 0 Å². The van der Waals surface area contributed by atoms with Crippen LogP contribution in [0.5, 0.6) is 0 Å². The summed E-state index contributed by atoms with van der Waals surface area (Å²) in [7, 11) is 0. The van der Waals surface area contributed by atoms with Gasteiger partial charge in [0.2, 0.25) is 0 Å². The normalized spacial score (nSPS) is 47.2. The zero-order valence-corrected chi connectivity index (χ0v) is 19.4. The second-order valence-electron chi connectivity index (χ2n) is 11.5. The molecule has 1 aromatic heterocycles. The van der Waals surface area contributed by atoms with Gasteiger partial charge in [0.15, 0.2) is 0 Å². The monoisotopic (exact) mass is 427 g/mol. The van der Waals surface area contributed by atoms with E-state index in [4.69, 9.17) is 14.9 Å². The molecule has 3 N–H and O–H groups in total. The maximum atomic E-state index is 12.3. The first kappa shape index (κ1) is 21.7. The highest BCUT2D eigenvalue weighted by Crippen LogP contribution is 2.70. The molecule has 8 atom stereocenters. The minimum Gasteiger partial charge on any atom is -0.472 e. The maximum Gasteiger partial charge on any atom is 0.0937 e. The second-order valence-corrected chi connectivity index (χ2v) is 11.5. The van der Waals surface area contributed by atoms with Crippen molar-refractivity contribution < 1.29 is 14.3 Å². The quantitative estimate of drug-likeness (QED) is 0.616. The van der Waals surface area contributed by atoms with E-state index in [1.807, 2.05) is 12.3 Å². The van der Waals surface area contributed by atoms with Crippen LogP contribution in [0.2, 0.25) is 0 Å². The summed E-state index contributed by atoms with van der Waals surface area (Å²) in [6.45, 7) is 6.20. The van der Waals surface area contributed by atoms with Gasteiger partial charge in [0.1, 0.15) is 0 Å². The van der Waals surface area contributed by atoms with Crippen LogP contribution in [0.4, 0.5) is 0 Å². The largest absolute Gasteiger partial charge is 0.472 e. The lowest BCUT2D eigenvalue weighted by molar-refractivity contribution is -0.206. The number of fused-ring (bicyclic) bond motifs is 5. The van der Waals surface area contributed by atoms with Crippen LogP contribution in [0.1, 0.15) is 83.1 Å². The summed E-state index contributed by atoms with van der Waals surface area (Å²) in [5.74, 6) is 2.23. The van der Waals surface area contributed by atoms with Crippen LogP contribution < -0.4 is 5.73 Å². The zero-order chi connectivity index (χ0) is 21.7. The topological polar surface area (TPSA) is 68.6 Å². The lowest BCUT2D eigenvalue weighted by Gasteiger charge is -2.63. The van der Waals surface area contributed by atoms with E-state index >= 15 is 0 Å². The summed E-state index contributed by atoms with van der Waals surface area (Å²) in [5, 5.41) is 12.3.